The molecule has 19 heavy (non-hydrogen) atoms. The van der Waals surface area contributed by atoms with Crippen molar-refractivity contribution in [1.82, 2.24) is 15.1 Å². The number of nitrogens with zero attached hydrogens (tertiary/aromatic N) is 2. The third-order valence-electron chi connectivity index (χ3n) is 3.06. The van der Waals surface area contributed by atoms with Crippen LogP contribution in [0.25, 0.3) is 0 Å². The van der Waals surface area contributed by atoms with Crippen molar-refractivity contribution in [2.75, 3.05) is 32.7 Å². The zero-order valence-electron chi connectivity index (χ0n) is 11.0. The van der Waals surface area contributed by atoms with Crippen molar-refractivity contribution in [3.8, 4) is 0 Å². The van der Waals surface area contributed by atoms with Crippen molar-refractivity contribution in [3.05, 3.63) is 0 Å². The molecule has 1 atom stereocenters. The number of rotatable bonds is 5. The summed E-state index contributed by atoms with van der Waals surface area (Å²) in [5.74, 6) is -0.991. The van der Waals surface area contributed by atoms with Gasteiger partial charge in [-0.25, -0.2) is 4.79 Å². The highest BCUT2D eigenvalue weighted by Crippen LogP contribution is 2.04. The molecule has 1 aliphatic rings. The minimum Gasteiger partial charge on any atom is -0.481 e. The maximum absolute atomic E-state index is 11.9. The lowest BCUT2D eigenvalue weighted by Gasteiger charge is -2.35. The zero-order chi connectivity index (χ0) is 14.4. The summed E-state index contributed by atoms with van der Waals surface area (Å²) < 4.78 is 0. The summed E-state index contributed by atoms with van der Waals surface area (Å²) in [6.07, 6.45) is 0.105. The number of primary amides is 1. The first-order valence-corrected chi connectivity index (χ1v) is 6.19. The molecular weight excluding hydrogens is 252 g/mol. The predicted octanol–water partition coefficient (Wildman–Crippen LogP) is -1.34. The van der Waals surface area contributed by atoms with Gasteiger partial charge >= 0.3 is 12.0 Å². The molecule has 8 heteroatoms. The van der Waals surface area contributed by atoms with Crippen LogP contribution in [0, 0.1) is 0 Å². The molecule has 0 spiro atoms. The van der Waals surface area contributed by atoms with Crippen LogP contribution in [0.15, 0.2) is 0 Å². The molecule has 1 saturated heterocycles. The van der Waals surface area contributed by atoms with E-state index in [2.05, 4.69) is 5.32 Å². The number of carboxylic acid groups (broad SMARTS) is 1. The van der Waals surface area contributed by atoms with Crippen LogP contribution in [-0.2, 0) is 9.59 Å². The fourth-order valence-electron chi connectivity index (χ4n) is 1.99. The first-order valence-electron chi connectivity index (χ1n) is 6.19. The van der Waals surface area contributed by atoms with Crippen molar-refractivity contribution in [3.63, 3.8) is 0 Å². The molecule has 1 unspecified atom stereocenters. The largest absolute Gasteiger partial charge is 0.481 e. The normalized spacial score (nSPS) is 17.8. The third-order valence-corrected chi connectivity index (χ3v) is 3.06. The molecule has 0 saturated carbocycles. The Kier molecular flexibility index (Phi) is 5.56. The second kappa shape index (κ2) is 6.93. The van der Waals surface area contributed by atoms with Crippen molar-refractivity contribution in [2.45, 2.75) is 19.4 Å². The summed E-state index contributed by atoms with van der Waals surface area (Å²) in [7, 11) is 0. The number of nitrogens with two attached hydrogens (primary N) is 1. The molecule has 3 amide bonds. The number of carboxylic acids is 1. The number of aliphatic carboxylic acids is 1. The van der Waals surface area contributed by atoms with Crippen molar-refractivity contribution in [2.24, 2.45) is 5.73 Å². The van der Waals surface area contributed by atoms with Crippen molar-refractivity contribution >= 4 is 17.9 Å². The van der Waals surface area contributed by atoms with Gasteiger partial charge in [0, 0.05) is 32.7 Å². The van der Waals surface area contributed by atoms with E-state index >= 15 is 0 Å². The zero-order valence-corrected chi connectivity index (χ0v) is 11.0. The summed E-state index contributed by atoms with van der Waals surface area (Å²) in [5, 5.41) is 10.9. The molecule has 8 nitrogen and oxygen atoms in total. The number of carbonyl (C=O) groups is 3. The van der Waals surface area contributed by atoms with Gasteiger partial charge in [-0.05, 0) is 6.92 Å². The van der Waals surface area contributed by atoms with Crippen LogP contribution in [0.4, 0.5) is 4.79 Å². The second-order valence-electron chi connectivity index (χ2n) is 4.54. The number of hydrogen-bond donors (Lipinski definition) is 3. The fourth-order valence-corrected chi connectivity index (χ4v) is 1.99. The molecular formula is C11H20N4O4. The average molecular weight is 272 g/mol. The third kappa shape index (κ3) is 5.12. The standard InChI is InChI=1S/C11H20N4O4/c1-8(13-11(12)19)10(18)15-6-4-14(5-7-15)3-2-9(16)17/h8H,2-7H2,1H3,(H,16,17)(H3,12,13,19). The topological polar surface area (TPSA) is 116 Å². The summed E-state index contributed by atoms with van der Waals surface area (Å²) in [5.41, 5.74) is 4.97. The summed E-state index contributed by atoms with van der Waals surface area (Å²) in [6.45, 7) is 4.42. The molecule has 1 aliphatic heterocycles. The van der Waals surface area contributed by atoms with Crippen LogP contribution in [0.1, 0.15) is 13.3 Å². The quantitative estimate of drug-likeness (QED) is 0.573. The van der Waals surface area contributed by atoms with E-state index in [4.69, 9.17) is 10.8 Å². The highest BCUT2D eigenvalue weighted by molar-refractivity contribution is 5.86. The molecule has 0 aliphatic carbocycles. The minimum atomic E-state index is -0.821. The summed E-state index contributed by atoms with van der Waals surface area (Å²) in [6, 6.07) is -1.36. The molecule has 108 valence electrons. The number of amides is 3. The van der Waals surface area contributed by atoms with Crippen LogP contribution in [0.5, 0.6) is 0 Å². The van der Waals surface area contributed by atoms with E-state index in [1.54, 1.807) is 11.8 Å². The number of urea groups is 1. The van der Waals surface area contributed by atoms with Gasteiger partial charge in [0.05, 0.1) is 6.42 Å². The van der Waals surface area contributed by atoms with Gasteiger partial charge in [-0.2, -0.15) is 0 Å². The molecule has 1 rings (SSSR count). The number of nitrogens with one attached hydrogen (secondary N) is 1. The van der Waals surface area contributed by atoms with Gasteiger partial charge in [0.2, 0.25) is 5.91 Å². The number of hydrogen-bond acceptors (Lipinski definition) is 4. The van der Waals surface area contributed by atoms with E-state index in [1.165, 1.54) is 0 Å². The van der Waals surface area contributed by atoms with Crippen LogP contribution >= 0.6 is 0 Å². The Morgan fingerprint density at radius 1 is 1.26 bits per heavy atom. The minimum absolute atomic E-state index is 0.105. The Morgan fingerprint density at radius 2 is 1.84 bits per heavy atom. The lowest BCUT2D eigenvalue weighted by atomic mass is 10.2. The maximum Gasteiger partial charge on any atom is 0.312 e. The Hall–Kier alpha value is -1.83. The van der Waals surface area contributed by atoms with E-state index in [1.807, 2.05) is 4.90 Å². The van der Waals surface area contributed by atoms with Crippen molar-refractivity contribution < 1.29 is 19.5 Å². The Balaban J connectivity index is 2.34. The fraction of sp³-hybridized carbons (Fsp3) is 0.727. The summed E-state index contributed by atoms with van der Waals surface area (Å²) >= 11 is 0. The molecule has 0 aromatic heterocycles. The summed E-state index contributed by atoms with van der Waals surface area (Å²) in [4.78, 5) is 36.7. The van der Waals surface area contributed by atoms with Crippen LogP contribution in [0.2, 0.25) is 0 Å². The highest BCUT2D eigenvalue weighted by atomic mass is 16.4. The van der Waals surface area contributed by atoms with Crippen LogP contribution in [-0.4, -0.2) is 71.6 Å². The van der Waals surface area contributed by atoms with Gasteiger partial charge in [-0.15, -0.1) is 0 Å². The van der Waals surface area contributed by atoms with Gasteiger partial charge in [0.25, 0.3) is 0 Å². The van der Waals surface area contributed by atoms with E-state index in [0.717, 1.165) is 0 Å². The Bertz CT molecular complexity index is 353. The molecule has 0 radical (unpaired) electrons. The Morgan fingerprint density at radius 3 is 2.32 bits per heavy atom. The second-order valence-corrected chi connectivity index (χ2v) is 4.54. The van der Waals surface area contributed by atoms with E-state index in [9.17, 15) is 14.4 Å². The van der Waals surface area contributed by atoms with Crippen molar-refractivity contribution in [1.29, 1.82) is 0 Å². The lowest BCUT2D eigenvalue weighted by Crippen LogP contribution is -2.54. The van der Waals surface area contributed by atoms with E-state index in [-0.39, 0.29) is 12.3 Å². The number of piperazine rings is 1. The SMILES string of the molecule is CC(NC(N)=O)C(=O)N1CCN(CCC(=O)O)CC1. The van der Waals surface area contributed by atoms with E-state index in [0.29, 0.717) is 32.7 Å². The monoisotopic (exact) mass is 272 g/mol. The van der Waals surface area contributed by atoms with Crippen LogP contribution < -0.4 is 11.1 Å². The average Bonchev–Trinajstić information content (AvgIpc) is 2.35. The van der Waals surface area contributed by atoms with Gasteiger partial charge in [-0.1, -0.05) is 0 Å². The van der Waals surface area contributed by atoms with Gasteiger partial charge in [0.15, 0.2) is 0 Å². The molecule has 1 heterocycles. The first kappa shape index (κ1) is 15.2. The first-order chi connectivity index (χ1) is 8.90. The van der Waals surface area contributed by atoms with Gasteiger partial charge in [0.1, 0.15) is 6.04 Å². The lowest BCUT2D eigenvalue weighted by molar-refractivity contribution is -0.138. The maximum atomic E-state index is 11.9. The van der Waals surface area contributed by atoms with Gasteiger partial charge < -0.3 is 21.1 Å². The Labute approximate surface area is 111 Å². The van der Waals surface area contributed by atoms with E-state index < -0.39 is 18.0 Å². The smallest absolute Gasteiger partial charge is 0.312 e. The van der Waals surface area contributed by atoms with Crippen LogP contribution in [0.3, 0.4) is 0 Å². The molecule has 0 bridgehead atoms. The number of carbonyl (C=O) groups excluding carboxylic acids is 2. The highest BCUT2D eigenvalue weighted by Gasteiger charge is 2.25. The molecule has 0 aromatic carbocycles. The molecule has 1 fully saturated rings. The molecule has 0 aromatic rings. The molecule has 4 N–H and O–H groups in total. The predicted molar refractivity (Wildman–Crippen MR) is 67.5 cm³/mol. The van der Waals surface area contributed by atoms with Gasteiger partial charge in [-0.3, -0.25) is 14.5 Å².